The number of hydrogen-bond donors (Lipinski definition) is 2. The fourth-order valence-corrected chi connectivity index (χ4v) is 3.70. The summed E-state index contributed by atoms with van der Waals surface area (Å²) in [5.41, 5.74) is 3.59. The Hall–Kier alpha value is -2.18. The fourth-order valence-electron chi connectivity index (χ4n) is 3.70. The molecule has 146 valence electrons. The van der Waals surface area contributed by atoms with Gasteiger partial charge in [0.1, 0.15) is 5.82 Å². The van der Waals surface area contributed by atoms with Gasteiger partial charge >= 0.3 is 0 Å². The molecule has 2 aromatic rings. The van der Waals surface area contributed by atoms with Crippen molar-refractivity contribution in [2.24, 2.45) is 0 Å². The first-order valence-electron chi connectivity index (χ1n) is 10.0. The molecule has 0 atom stereocenters. The van der Waals surface area contributed by atoms with Crippen LogP contribution in [0.4, 0.5) is 17.5 Å². The number of nitrogens with zero attached hydrogens (tertiary/aromatic N) is 3. The SMILES string of the molecule is CC.OCCNc1nc(C2CCOCC2)c2c(n1)N(c1ccccc1)CC2. The van der Waals surface area contributed by atoms with E-state index in [-0.39, 0.29) is 6.61 Å². The second kappa shape index (κ2) is 9.67. The van der Waals surface area contributed by atoms with E-state index in [2.05, 4.69) is 34.5 Å². The van der Waals surface area contributed by atoms with E-state index in [4.69, 9.17) is 19.8 Å². The van der Waals surface area contributed by atoms with Crippen LogP contribution in [-0.2, 0) is 11.2 Å². The molecule has 27 heavy (non-hydrogen) atoms. The van der Waals surface area contributed by atoms with Gasteiger partial charge in [-0.1, -0.05) is 32.0 Å². The molecule has 2 N–H and O–H groups in total. The largest absolute Gasteiger partial charge is 0.395 e. The maximum absolute atomic E-state index is 9.12. The van der Waals surface area contributed by atoms with Crippen LogP contribution in [0.1, 0.15) is 43.9 Å². The minimum Gasteiger partial charge on any atom is -0.395 e. The van der Waals surface area contributed by atoms with E-state index in [1.807, 2.05) is 19.9 Å². The van der Waals surface area contributed by atoms with E-state index in [0.717, 1.165) is 56.2 Å². The molecular weight excluding hydrogens is 340 g/mol. The number of fused-ring (bicyclic) bond motifs is 1. The minimum atomic E-state index is 0.0649. The highest BCUT2D eigenvalue weighted by Gasteiger charge is 2.30. The summed E-state index contributed by atoms with van der Waals surface area (Å²) in [6.45, 7) is 7.04. The van der Waals surface area contributed by atoms with E-state index in [1.54, 1.807) is 0 Å². The lowest BCUT2D eigenvalue weighted by atomic mass is 9.92. The highest BCUT2D eigenvalue weighted by atomic mass is 16.5. The van der Waals surface area contributed by atoms with Crippen molar-refractivity contribution in [3.05, 3.63) is 41.6 Å². The topological polar surface area (TPSA) is 70.5 Å². The summed E-state index contributed by atoms with van der Waals surface area (Å²) in [5, 5.41) is 12.3. The molecule has 0 spiro atoms. The molecule has 0 aliphatic carbocycles. The maximum atomic E-state index is 9.12. The Labute approximate surface area is 161 Å². The van der Waals surface area contributed by atoms with Crippen LogP contribution in [0.3, 0.4) is 0 Å². The monoisotopic (exact) mass is 370 g/mol. The molecule has 3 heterocycles. The van der Waals surface area contributed by atoms with E-state index >= 15 is 0 Å². The van der Waals surface area contributed by atoms with Crippen LogP contribution in [0.2, 0.25) is 0 Å². The molecule has 0 radical (unpaired) electrons. The minimum absolute atomic E-state index is 0.0649. The number of hydrogen-bond acceptors (Lipinski definition) is 6. The molecule has 2 aliphatic heterocycles. The van der Waals surface area contributed by atoms with Crippen molar-refractivity contribution < 1.29 is 9.84 Å². The zero-order chi connectivity index (χ0) is 19.1. The lowest BCUT2D eigenvalue weighted by molar-refractivity contribution is 0.0843. The van der Waals surface area contributed by atoms with Crippen LogP contribution in [0.5, 0.6) is 0 Å². The molecule has 1 fully saturated rings. The summed E-state index contributed by atoms with van der Waals surface area (Å²) < 4.78 is 5.52. The third-order valence-electron chi connectivity index (χ3n) is 4.93. The van der Waals surface area contributed by atoms with Crippen molar-refractivity contribution in [2.45, 2.75) is 39.0 Å². The van der Waals surface area contributed by atoms with Crippen LogP contribution in [0.25, 0.3) is 0 Å². The molecule has 0 bridgehead atoms. The third kappa shape index (κ3) is 4.39. The Morgan fingerprint density at radius 2 is 1.89 bits per heavy atom. The van der Waals surface area contributed by atoms with Gasteiger partial charge in [-0.25, -0.2) is 4.98 Å². The van der Waals surface area contributed by atoms with Crippen LogP contribution in [0, 0.1) is 0 Å². The van der Waals surface area contributed by atoms with Gasteiger partial charge in [0, 0.05) is 43.5 Å². The quantitative estimate of drug-likeness (QED) is 0.839. The molecule has 0 amide bonds. The normalized spacial score (nSPS) is 16.5. The smallest absolute Gasteiger partial charge is 0.224 e. The summed E-state index contributed by atoms with van der Waals surface area (Å²) >= 11 is 0. The van der Waals surface area contributed by atoms with Crippen LogP contribution in [-0.4, -0.2) is 48.0 Å². The molecule has 1 saturated heterocycles. The average molecular weight is 370 g/mol. The van der Waals surface area contributed by atoms with Gasteiger partial charge in [-0.2, -0.15) is 4.98 Å². The zero-order valence-electron chi connectivity index (χ0n) is 16.3. The Morgan fingerprint density at radius 3 is 2.59 bits per heavy atom. The van der Waals surface area contributed by atoms with Crippen LogP contribution < -0.4 is 10.2 Å². The molecule has 6 heteroatoms. The highest BCUT2D eigenvalue weighted by Crippen LogP contribution is 2.39. The molecule has 0 unspecified atom stereocenters. The molecule has 0 saturated carbocycles. The number of para-hydroxylation sites is 1. The van der Waals surface area contributed by atoms with E-state index in [0.29, 0.717) is 18.4 Å². The summed E-state index contributed by atoms with van der Waals surface area (Å²) in [5.74, 6) is 2.04. The van der Waals surface area contributed by atoms with Crippen LogP contribution in [0.15, 0.2) is 30.3 Å². The van der Waals surface area contributed by atoms with Crippen LogP contribution >= 0.6 is 0 Å². The number of aliphatic hydroxyl groups is 1. The molecule has 1 aromatic carbocycles. The van der Waals surface area contributed by atoms with Gasteiger partial charge in [-0.15, -0.1) is 0 Å². The summed E-state index contributed by atoms with van der Waals surface area (Å²) in [4.78, 5) is 11.9. The Kier molecular flexibility index (Phi) is 7.01. The standard InChI is InChI=1S/C19H24N4O2.C2H6/c24-11-9-20-19-21-17(14-7-12-25-13-8-14)16-6-10-23(18(16)22-19)15-4-2-1-3-5-15;1-2/h1-5,14,24H,6-13H2,(H,20,21,22);1-2H3. The maximum Gasteiger partial charge on any atom is 0.224 e. The van der Waals surface area contributed by atoms with Gasteiger partial charge in [-0.05, 0) is 31.4 Å². The average Bonchev–Trinajstić information content (AvgIpc) is 3.18. The molecule has 1 aromatic heterocycles. The van der Waals surface area contributed by atoms with Gasteiger partial charge in [0.05, 0.1) is 12.3 Å². The van der Waals surface area contributed by atoms with E-state index in [1.165, 1.54) is 5.56 Å². The third-order valence-corrected chi connectivity index (χ3v) is 4.93. The second-order valence-corrected chi connectivity index (χ2v) is 6.51. The van der Waals surface area contributed by atoms with Gasteiger partial charge in [0.2, 0.25) is 5.95 Å². The first kappa shape index (κ1) is 19.6. The van der Waals surface area contributed by atoms with Crippen molar-refractivity contribution in [1.29, 1.82) is 0 Å². The highest BCUT2D eigenvalue weighted by molar-refractivity contribution is 5.68. The predicted octanol–water partition coefficient (Wildman–Crippen LogP) is 3.50. The number of ether oxygens (including phenoxy) is 1. The van der Waals surface area contributed by atoms with Crippen molar-refractivity contribution in [3.63, 3.8) is 0 Å². The van der Waals surface area contributed by atoms with Crippen molar-refractivity contribution in [1.82, 2.24) is 9.97 Å². The van der Waals surface area contributed by atoms with E-state index in [9.17, 15) is 0 Å². The first-order valence-corrected chi connectivity index (χ1v) is 10.0. The number of aromatic nitrogens is 2. The number of aliphatic hydroxyl groups excluding tert-OH is 1. The van der Waals surface area contributed by atoms with Crippen molar-refractivity contribution >= 4 is 17.5 Å². The van der Waals surface area contributed by atoms with Gasteiger partial charge in [-0.3, -0.25) is 0 Å². The molecule has 4 rings (SSSR count). The van der Waals surface area contributed by atoms with Gasteiger partial charge < -0.3 is 20.1 Å². The number of rotatable bonds is 5. The summed E-state index contributed by atoms with van der Waals surface area (Å²) in [6, 6.07) is 10.4. The van der Waals surface area contributed by atoms with Gasteiger partial charge in [0.15, 0.2) is 0 Å². The number of anilines is 3. The lowest BCUT2D eigenvalue weighted by Crippen LogP contribution is -2.19. The molecule has 2 aliphatic rings. The lowest BCUT2D eigenvalue weighted by Gasteiger charge is -2.25. The zero-order valence-corrected chi connectivity index (χ0v) is 16.3. The van der Waals surface area contributed by atoms with E-state index < -0.39 is 0 Å². The Morgan fingerprint density at radius 1 is 1.15 bits per heavy atom. The fraction of sp³-hybridized carbons (Fsp3) is 0.524. The Balaban J connectivity index is 0.00000102. The second-order valence-electron chi connectivity index (χ2n) is 6.51. The summed E-state index contributed by atoms with van der Waals surface area (Å²) in [6.07, 6.45) is 2.99. The van der Waals surface area contributed by atoms with Crippen molar-refractivity contribution in [3.8, 4) is 0 Å². The predicted molar refractivity (Wildman–Crippen MR) is 109 cm³/mol. The Bertz CT molecular complexity index is 718. The summed E-state index contributed by atoms with van der Waals surface area (Å²) in [7, 11) is 0. The number of benzene rings is 1. The van der Waals surface area contributed by atoms with Gasteiger partial charge in [0.25, 0.3) is 0 Å². The molecule has 6 nitrogen and oxygen atoms in total. The molecular formula is C21H30N4O2. The number of nitrogens with one attached hydrogen (secondary N) is 1. The van der Waals surface area contributed by atoms with Crippen molar-refractivity contribution in [2.75, 3.05) is 43.1 Å². The first-order chi connectivity index (χ1) is 13.4.